The number of rotatable bonds is 7. The normalized spacial score (nSPS) is 11.8. The van der Waals surface area contributed by atoms with Crippen molar-refractivity contribution >= 4 is 35.8 Å². The molecule has 0 radical (unpaired) electrons. The number of esters is 1. The quantitative estimate of drug-likeness (QED) is 0.352. The molecule has 3 rings (SSSR count). The van der Waals surface area contributed by atoms with Gasteiger partial charge in [0.2, 0.25) is 0 Å². The molecule has 0 spiro atoms. The van der Waals surface area contributed by atoms with Gasteiger partial charge in [0, 0.05) is 17.5 Å². The second-order valence-corrected chi connectivity index (χ2v) is 7.46. The summed E-state index contributed by atoms with van der Waals surface area (Å²) in [7, 11) is -4.70. The molecule has 10 heteroatoms. The lowest BCUT2D eigenvalue weighted by molar-refractivity contribution is -0.143. The molecule has 0 saturated carbocycles. The van der Waals surface area contributed by atoms with E-state index in [1.54, 1.807) is 25.1 Å². The Labute approximate surface area is 154 Å². The van der Waals surface area contributed by atoms with Crippen LogP contribution in [0.2, 0.25) is 0 Å². The molecule has 0 aliphatic carbocycles. The number of nitrogen functional groups attached to an aromatic ring is 1. The van der Waals surface area contributed by atoms with E-state index in [4.69, 9.17) is 14.9 Å². The molecule has 0 fully saturated rings. The molecule has 144 valence electrons. The summed E-state index contributed by atoms with van der Waals surface area (Å²) in [6.45, 7) is 1.98. The van der Waals surface area contributed by atoms with Gasteiger partial charge in [0.1, 0.15) is 5.30 Å². The van der Waals surface area contributed by atoms with Crippen molar-refractivity contribution in [3.05, 3.63) is 30.1 Å². The van der Waals surface area contributed by atoms with Gasteiger partial charge in [-0.05, 0) is 31.9 Å². The number of carbonyl (C=O) groups excluding carboxylic acids is 1. The van der Waals surface area contributed by atoms with Gasteiger partial charge >= 0.3 is 13.6 Å². The molecule has 9 nitrogen and oxygen atoms in total. The number of carbonyl (C=O) groups is 1. The Morgan fingerprint density at radius 3 is 2.89 bits per heavy atom. The van der Waals surface area contributed by atoms with Crippen molar-refractivity contribution in [3.8, 4) is 11.3 Å². The minimum Gasteiger partial charge on any atom is -0.466 e. The van der Waals surface area contributed by atoms with Crippen LogP contribution in [0.5, 0.6) is 0 Å². The monoisotopic (exact) mass is 393 g/mol. The summed E-state index contributed by atoms with van der Waals surface area (Å²) in [6.07, 6.45) is 2.09. The van der Waals surface area contributed by atoms with Gasteiger partial charge < -0.3 is 29.7 Å². The van der Waals surface area contributed by atoms with Crippen molar-refractivity contribution < 1.29 is 28.3 Å². The van der Waals surface area contributed by atoms with Gasteiger partial charge in [0.15, 0.2) is 11.6 Å². The van der Waals surface area contributed by atoms with Crippen molar-refractivity contribution in [3.63, 3.8) is 0 Å². The third-order valence-corrected chi connectivity index (χ3v) is 5.16. The third kappa shape index (κ3) is 3.90. The van der Waals surface area contributed by atoms with Crippen LogP contribution in [0.3, 0.4) is 0 Å². The van der Waals surface area contributed by atoms with Crippen molar-refractivity contribution in [2.24, 2.45) is 0 Å². The lowest BCUT2D eigenvalue weighted by atomic mass is 10.1. The average Bonchev–Trinajstić information content (AvgIpc) is 3.19. The third-order valence-electron chi connectivity index (χ3n) is 4.11. The predicted octanol–water partition coefficient (Wildman–Crippen LogP) is 2.09. The first-order chi connectivity index (χ1) is 12.8. The Hall–Kier alpha value is -2.61. The summed E-state index contributed by atoms with van der Waals surface area (Å²) in [6, 6.07) is 5.16. The number of anilines is 1. The number of hydrogen-bond donors (Lipinski definition) is 4. The number of furan rings is 1. The summed E-state index contributed by atoms with van der Waals surface area (Å²) < 4.78 is 22.6. The number of nitrogens with one attached hydrogen (secondary N) is 1. The summed E-state index contributed by atoms with van der Waals surface area (Å²) in [5, 5.41) is -0.264. The van der Waals surface area contributed by atoms with Gasteiger partial charge in [-0.25, -0.2) is 4.98 Å². The topological polar surface area (TPSA) is 152 Å². The molecule has 5 N–H and O–H groups in total. The molecule has 0 atom stereocenters. The Morgan fingerprint density at radius 1 is 1.41 bits per heavy atom. The second-order valence-electron chi connectivity index (χ2n) is 5.93. The van der Waals surface area contributed by atoms with E-state index in [0.29, 0.717) is 23.0 Å². The highest BCUT2D eigenvalue weighted by molar-refractivity contribution is 7.60. The van der Waals surface area contributed by atoms with E-state index in [0.717, 1.165) is 0 Å². The van der Waals surface area contributed by atoms with Crippen LogP contribution in [0.4, 0.5) is 5.88 Å². The zero-order chi connectivity index (χ0) is 19.6. The minimum absolute atomic E-state index is 0.00957. The summed E-state index contributed by atoms with van der Waals surface area (Å²) in [5.74, 6) is -0.469. The Kier molecular flexibility index (Phi) is 5.36. The van der Waals surface area contributed by atoms with Crippen LogP contribution in [-0.4, -0.2) is 32.3 Å². The van der Waals surface area contributed by atoms with Gasteiger partial charge in [-0.2, -0.15) is 0 Å². The fourth-order valence-corrected chi connectivity index (χ4v) is 4.00. The van der Waals surface area contributed by atoms with Crippen molar-refractivity contribution in [1.29, 1.82) is 0 Å². The van der Waals surface area contributed by atoms with E-state index < -0.39 is 7.60 Å². The maximum Gasteiger partial charge on any atom is 0.360 e. The fraction of sp³-hybridized carbons (Fsp3) is 0.294. The first kappa shape index (κ1) is 19.2. The largest absolute Gasteiger partial charge is 0.466 e. The van der Waals surface area contributed by atoms with Crippen LogP contribution in [-0.2, 0) is 20.5 Å². The van der Waals surface area contributed by atoms with Crippen LogP contribution in [0.25, 0.3) is 22.4 Å². The summed E-state index contributed by atoms with van der Waals surface area (Å²) >= 11 is 0. The van der Waals surface area contributed by atoms with Crippen LogP contribution in [0, 0.1) is 0 Å². The molecule has 0 aliphatic rings. The number of imidazole rings is 1. The van der Waals surface area contributed by atoms with Gasteiger partial charge in [-0.3, -0.25) is 9.36 Å². The summed E-state index contributed by atoms with van der Waals surface area (Å²) in [5.41, 5.74) is 7.76. The smallest absolute Gasteiger partial charge is 0.360 e. The highest BCUT2D eigenvalue weighted by Gasteiger charge is 2.33. The predicted molar refractivity (Wildman–Crippen MR) is 99.5 cm³/mol. The SMILES string of the molecule is CCOC(=O)CCCc1c(N)oc(-c2cccc3[nH]cnc23)c1P(=O)(O)O. The van der Waals surface area contributed by atoms with Gasteiger partial charge in [0.05, 0.1) is 24.0 Å². The van der Waals surface area contributed by atoms with E-state index in [-0.39, 0.29) is 47.9 Å². The molecule has 3 aromatic rings. The summed E-state index contributed by atoms with van der Waals surface area (Å²) in [4.78, 5) is 38.5. The molecular formula is C17H20N3O6P. The van der Waals surface area contributed by atoms with Crippen molar-refractivity contribution in [2.45, 2.75) is 26.2 Å². The van der Waals surface area contributed by atoms with Crippen molar-refractivity contribution in [2.75, 3.05) is 12.3 Å². The number of benzene rings is 1. The number of nitrogens with zero attached hydrogens (tertiary/aromatic N) is 1. The maximum atomic E-state index is 12.2. The van der Waals surface area contributed by atoms with Crippen LogP contribution in [0.1, 0.15) is 25.3 Å². The van der Waals surface area contributed by atoms with E-state index in [2.05, 4.69) is 9.97 Å². The number of fused-ring (bicyclic) bond motifs is 1. The van der Waals surface area contributed by atoms with E-state index >= 15 is 0 Å². The number of aromatic nitrogens is 2. The van der Waals surface area contributed by atoms with Crippen LogP contribution >= 0.6 is 7.60 Å². The minimum atomic E-state index is -4.70. The van der Waals surface area contributed by atoms with E-state index in [1.165, 1.54) is 6.33 Å². The molecule has 0 amide bonds. The van der Waals surface area contributed by atoms with Crippen molar-refractivity contribution in [1.82, 2.24) is 9.97 Å². The fourth-order valence-electron chi connectivity index (χ4n) is 3.00. The number of para-hydroxylation sites is 1. The molecule has 0 aliphatic heterocycles. The molecular weight excluding hydrogens is 373 g/mol. The number of aromatic amines is 1. The number of nitrogens with two attached hydrogens (primary N) is 1. The van der Waals surface area contributed by atoms with Gasteiger partial charge in [0.25, 0.3) is 0 Å². The van der Waals surface area contributed by atoms with Crippen LogP contribution < -0.4 is 11.0 Å². The average molecular weight is 393 g/mol. The number of ether oxygens (including phenoxy) is 1. The highest BCUT2D eigenvalue weighted by Crippen LogP contribution is 2.44. The Morgan fingerprint density at radius 2 is 2.19 bits per heavy atom. The molecule has 0 bridgehead atoms. The maximum absolute atomic E-state index is 12.2. The first-order valence-electron chi connectivity index (χ1n) is 8.38. The van der Waals surface area contributed by atoms with E-state index in [9.17, 15) is 19.1 Å². The molecule has 27 heavy (non-hydrogen) atoms. The number of H-pyrrole nitrogens is 1. The zero-order valence-electron chi connectivity index (χ0n) is 14.6. The Balaban J connectivity index is 2.02. The zero-order valence-corrected chi connectivity index (χ0v) is 15.5. The molecule has 0 unspecified atom stereocenters. The van der Waals surface area contributed by atoms with Gasteiger partial charge in [-0.1, -0.05) is 6.07 Å². The van der Waals surface area contributed by atoms with Gasteiger partial charge in [-0.15, -0.1) is 0 Å². The molecule has 2 aromatic heterocycles. The standard InChI is InChI=1S/C17H20N3O6P/c1-2-25-13(21)8-4-6-11-16(27(22,23)24)15(26-17(11)18)10-5-3-7-12-14(10)20-9-19-12/h3,5,7,9H,2,4,6,8,18H2,1H3,(H,19,20)(H2,22,23,24). The molecule has 1 aromatic carbocycles. The molecule has 0 saturated heterocycles. The lowest BCUT2D eigenvalue weighted by Crippen LogP contribution is -2.12. The Bertz CT molecular complexity index is 1020. The molecule has 2 heterocycles. The first-order valence-corrected chi connectivity index (χ1v) is 9.99. The highest BCUT2D eigenvalue weighted by atomic mass is 31.2. The van der Waals surface area contributed by atoms with E-state index in [1.807, 2.05) is 0 Å². The number of hydrogen-bond acceptors (Lipinski definition) is 6. The second kappa shape index (κ2) is 7.56. The van der Waals surface area contributed by atoms with Crippen LogP contribution in [0.15, 0.2) is 28.9 Å². The lowest BCUT2D eigenvalue weighted by Gasteiger charge is -2.08.